The molecule has 0 spiro atoms. The molecule has 28 heavy (non-hydrogen) atoms. The van der Waals surface area contributed by atoms with Crippen LogP contribution in [0, 0.1) is 0 Å². The third-order valence-electron chi connectivity index (χ3n) is 4.07. The Bertz CT molecular complexity index is 1120. The number of alkyl halides is 3. The van der Waals surface area contributed by atoms with Crippen LogP contribution in [0.1, 0.15) is 11.3 Å². The zero-order valence-electron chi connectivity index (χ0n) is 14.2. The lowest BCUT2D eigenvalue weighted by Gasteiger charge is -2.06. The second kappa shape index (κ2) is 7.08. The number of hydrogen-bond donors (Lipinski definition) is 1. The first kappa shape index (κ1) is 18.2. The summed E-state index contributed by atoms with van der Waals surface area (Å²) in [6.45, 7) is 0.508. The summed E-state index contributed by atoms with van der Waals surface area (Å²) in [6.07, 6.45) is 0.193. The molecule has 0 atom stereocenters. The van der Waals surface area contributed by atoms with Gasteiger partial charge in [-0.15, -0.1) is 5.10 Å². The van der Waals surface area contributed by atoms with Gasteiger partial charge in [-0.3, -0.25) is 10.1 Å². The fraction of sp³-hybridized carbons (Fsp3) is 0.111. The molecule has 0 unspecified atom stereocenters. The van der Waals surface area contributed by atoms with E-state index in [-0.39, 0.29) is 11.3 Å². The maximum Gasteiger partial charge on any atom is 0.435 e. The van der Waals surface area contributed by atoms with Crippen LogP contribution in [0.3, 0.4) is 0 Å². The van der Waals surface area contributed by atoms with E-state index in [1.807, 2.05) is 27.9 Å². The Labute approximate surface area is 162 Å². The Hall–Kier alpha value is -3.20. The topological polar surface area (TPSA) is 72.3 Å². The molecular formula is C18H12ClF3N6. The predicted octanol–water partition coefficient (Wildman–Crippen LogP) is 4.45. The first-order valence-corrected chi connectivity index (χ1v) is 8.50. The molecule has 0 aliphatic heterocycles. The number of halogens is 4. The molecule has 142 valence electrons. The van der Waals surface area contributed by atoms with Crippen molar-refractivity contribution < 1.29 is 13.2 Å². The highest BCUT2D eigenvalue weighted by molar-refractivity contribution is 6.31. The van der Waals surface area contributed by atoms with Crippen LogP contribution in [0.5, 0.6) is 0 Å². The molecule has 0 bridgehead atoms. The van der Waals surface area contributed by atoms with E-state index in [1.165, 1.54) is 18.3 Å². The number of H-pyrrole nitrogens is 1. The number of imidazole rings is 1. The zero-order valence-corrected chi connectivity index (χ0v) is 14.9. The molecule has 0 amide bonds. The predicted molar refractivity (Wildman–Crippen MR) is 96.4 cm³/mol. The third kappa shape index (κ3) is 3.61. The molecule has 0 fully saturated rings. The summed E-state index contributed by atoms with van der Waals surface area (Å²) in [4.78, 5) is 8.50. The molecule has 3 heterocycles. The number of rotatable bonds is 4. The van der Waals surface area contributed by atoms with Gasteiger partial charge in [0.15, 0.2) is 5.69 Å². The SMILES string of the molecule is FC(F)(F)c1[nH]nnc1-c1ccnc(-c2cn(Cc3ccccc3Cl)cn2)c1. The van der Waals surface area contributed by atoms with Crippen LogP contribution >= 0.6 is 11.6 Å². The number of benzene rings is 1. The molecule has 6 nitrogen and oxygen atoms in total. The minimum atomic E-state index is -4.58. The molecular weight excluding hydrogens is 393 g/mol. The van der Waals surface area contributed by atoms with Crippen LogP contribution in [0.2, 0.25) is 5.02 Å². The first-order valence-electron chi connectivity index (χ1n) is 8.12. The lowest BCUT2D eigenvalue weighted by molar-refractivity contribution is -0.140. The Morgan fingerprint density at radius 3 is 2.68 bits per heavy atom. The Morgan fingerprint density at radius 1 is 1.07 bits per heavy atom. The lowest BCUT2D eigenvalue weighted by Crippen LogP contribution is -2.07. The molecule has 4 aromatic rings. The number of nitrogens with zero attached hydrogens (tertiary/aromatic N) is 5. The largest absolute Gasteiger partial charge is 0.435 e. The van der Waals surface area contributed by atoms with Gasteiger partial charge >= 0.3 is 6.18 Å². The van der Waals surface area contributed by atoms with E-state index in [4.69, 9.17) is 11.6 Å². The smallest absolute Gasteiger partial charge is 0.332 e. The highest BCUT2D eigenvalue weighted by atomic mass is 35.5. The van der Waals surface area contributed by atoms with E-state index in [1.54, 1.807) is 18.6 Å². The van der Waals surface area contributed by atoms with E-state index in [0.29, 0.717) is 23.0 Å². The van der Waals surface area contributed by atoms with Crippen LogP contribution < -0.4 is 0 Å². The quantitative estimate of drug-likeness (QED) is 0.545. The van der Waals surface area contributed by atoms with E-state index in [9.17, 15) is 13.2 Å². The van der Waals surface area contributed by atoms with Crippen molar-refractivity contribution in [3.63, 3.8) is 0 Å². The summed E-state index contributed by atoms with van der Waals surface area (Å²) >= 11 is 6.17. The van der Waals surface area contributed by atoms with Crippen molar-refractivity contribution >= 4 is 11.6 Å². The van der Waals surface area contributed by atoms with Crippen molar-refractivity contribution in [3.05, 3.63) is 71.4 Å². The van der Waals surface area contributed by atoms with Crippen LogP contribution in [0.25, 0.3) is 22.6 Å². The number of aromatic nitrogens is 6. The van der Waals surface area contributed by atoms with Crippen LogP contribution in [0.4, 0.5) is 13.2 Å². The fourth-order valence-electron chi connectivity index (χ4n) is 2.75. The van der Waals surface area contributed by atoms with Gasteiger partial charge in [-0.25, -0.2) is 4.98 Å². The Morgan fingerprint density at radius 2 is 1.89 bits per heavy atom. The zero-order chi connectivity index (χ0) is 19.7. The first-order chi connectivity index (χ1) is 13.4. The molecule has 0 saturated heterocycles. The van der Waals surface area contributed by atoms with Gasteiger partial charge in [0.1, 0.15) is 11.4 Å². The van der Waals surface area contributed by atoms with Gasteiger partial charge in [-0.1, -0.05) is 35.0 Å². The maximum absolute atomic E-state index is 13.1. The van der Waals surface area contributed by atoms with Gasteiger partial charge in [0.2, 0.25) is 0 Å². The molecule has 0 radical (unpaired) electrons. The summed E-state index contributed by atoms with van der Waals surface area (Å²) in [5.74, 6) is 0. The monoisotopic (exact) mass is 404 g/mol. The minimum absolute atomic E-state index is 0.242. The average molecular weight is 405 g/mol. The number of hydrogen-bond acceptors (Lipinski definition) is 4. The number of aromatic amines is 1. The van der Waals surface area contributed by atoms with E-state index in [0.717, 1.165) is 5.56 Å². The summed E-state index contributed by atoms with van der Waals surface area (Å²) in [7, 11) is 0. The van der Waals surface area contributed by atoms with Crippen molar-refractivity contribution in [2.24, 2.45) is 0 Å². The standard InChI is InChI=1S/C18H12ClF3N6/c19-13-4-2-1-3-12(13)8-28-9-15(24-10-28)14-7-11(5-6-23-14)16-17(18(20,21)22)26-27-25-16/h1-7,9-10H,8H2,(H,25,26,27). The second-order valence-corrected chi connectivity index (χ2v) is 6.39. The van der Waals surface area contributed by atoms with Crippen molar-refractivity contribution in [1.82, 2.24) is 29.9 Å². The molecule has 0 aliphatic rings. The maximum atomic E-state index is 13.1. The van der Waals surface area contributed by atoms with Gasteiger partial charge in [-0.05, 0) is 23.8 Å². The molecule has 0 saturated carbocycles. The minimum Gasteiger partial charge on any atom is -0.332 e. The van der Waals surface area contributed by atoms with Gasteiger partial charge in [0, 0.05) is 29.5 Å². The van der Waals surface area contributed by atoms with Crippen molar-refractivity contribution in [2.75, 3.05) is 0 Å². The highest BCUT2D eigenvalue weighted by Gasteiger charge is 2.37. The molecule has 0 aliphatic carbocycles. The fourth-order valence-corrected chi connectivity index (χ4v) is 2.94. The van der Waals surface area contributed by atoms with Gasteiger partial charge in [0.05, 0.1) is 12.0 Å². The summed E-state index contributed by atoms with van der Waals surface area (Å²) < 4.78 is 41.1. The average Bonchev–Trinajstić information content (AvgIpc) is 3.33. The Balaban J connectivity index is 1.64. The van der Waals surface area contributed by atoms with Crippen LogP contribution in [0.15, 0.2) is 55.1 Å². The normalized spacial score (nSPS) is 11.7. The summed E-state index contributed by atoms with van der Waals surface area (Å²) in [5.41, 5.74) is 0.817. The van der Waals surface area contributed by atoms with Gasteiger partial charge in [-0.2, -0.15) is 13.2 Å². The number of pyridine rings is 1. The van der Waals surface area contributed by atoms with Crippen LogP contribution in [-0.2, 0) is 12.7 Å². The van der Waals surface area contributed by atoms with Crippen molar-refractivity contribution in [1.29, 1.82) is 0 Å². The summed E-state index contributed by atoms with van der Waals surface area (Å²) in [5, 5.41) is 9.39. The number of nitrogens with one attached hydrogen (secondary N) is 1. The van der Waals surface area contributed by atoms with Gasteiger partial charge < -0.3 is 4.57 Å². The Kier molecular flexibility index (Phi) is 4.60. The molecule has 1 aromatic carbocycles. The van der Waals surface area contributed by atoms with E-state index in [2.05, 4.69) is 20.3 Å². The second-order valence-electron chi connectivity index (χ2n) is 5.99. The van der Waals surface area contributed by atoms with Crippen molar-refractivity contribution in [3.8, 4) is 22.6 Å². The highest BCUT2D eigenvalue weighted by Crippen LogP contribution is 2.34. The summed E-state index contributed by atoms with van der Waals surface area (Å²) in [6, 6.07) is 10.4. The lowest BCUT2D eigenvalue weighted by atomic mass is 10.1. The third-order valence-corrected chi connectivity index (χ3v) is 4.44. The van der Waals surface area contributed by atoms with Gasteiger partial charge in [0.25, 0.3) is 0 Å². The van der Waals surface area contributed by atoms with E-state index >= 15 is 0 Å². The molecule has 3 aromatic heterocycles. The van der Waals surface area contributed by atoms with Crippen molar-refractivity contribution in [2.45, 2.75) is 12.7 Å². The van der Waals surface area contributed by atoms with E-state index < -0.39 is 11.9 Å². The molecule has 10 heteroatoms. The van der Waals surface area contributed by atoms with Crippen LogP contribution in [-0.4, -0.2) is 29.9 Å². The molecule has 1 N–H and O–H groups in total. The molecule has 4 rings (SSSR count).